The van der Waals surface area contributed by atoms with Crippen LogP contribution in [0.2, 0.25) is 0 Å². The first-order valence-corrected chi connectivity index (χ1v) is 9.48. The second-order valence-corrected chi connectivity index (χ2v) is 8.57. The molecule has 0 N–H and O–H groups in total. The summed E-state index contributed by atoms with van der Waals surface area (Å²) in [5, 5.41) is 0. The van der Waals surface area contributed by atoms with Gasteiger partial charge in [-0.2, -0.15) is 4.31 Å². The van der Waals surface area contributed by atoms with Gasteiger partial charge in [0.2, 0.25) is 15.9 Å². The van der Waals surface area contributed by atoms with Crippen LogP contribution in [0.15, 0.2) is 29.2 Å². The van der Waals surface area contributed by atoms with Gasteiger partial charge in [-0.05, 0) is 36.5 Å². The van der Waals surface area contributed by atoms with E-state index in [1.54, 1.807) is 31.1 Å². The van der Waals surface area contributed by atoms with Gasteiger partial charge in [-0.15, -0.1) is 0 Å². The van der Waals surface area contributed by atoms with Crippen molar-refractivity contribution in [3.8, 4) is 0 Å². The highest BCUT2D eigenvalue weighted by molar-refractivity contribution is 7.89. The number of hydrogen-bond donors (Lipinski definition) is 0. The highest BCUT2D eigenvalue weighted by atomic mass is 32.2. The Morgan fingerprint density at radius 1 is 1.13 bits per heavy atom. The molecule has 0 atom stereocenters. The molecule has 1 heterocycles. The topological polar surface area (TPSA) is 57.7 Å². The minimum absolute atomic E-state index is 0.0697. The molecule has 23 heavy (non-hydrogen) atoms. The summed E-state index contributed by atoms with van der Waals surface area (Å²) >= 11 is 0. The van der Waals surface area contributed by atoms with Gasteiger partial charge in [-0.1, -0.05) is 26.0 Å². The maximum atomic E-state index is 12.7. The van der Waals surface area contributed by atoms with Crippen molar-refractivity contribution in [1.82, 2.24) is 9.21 Å². The number of benzene rings is 1. The Kier molecular flexibility index (Phi) is 5.47. The molecule has 6 heteroatoms. The van der Waals surface area contributed by atoms with Gasteiger partial charge in [0.05, 0.1) is 4.90 Å². The zero-order valence-electron chi connectivity index (χ0n) is 14.3. The summed E-state index contributed by atoms with van der Waals surface area (Å²) in [7, 11) is 0.0102. The summed E-state index contributed by atoms with van der Waals surface area (Å²) in [6.07, 6.45) is 1.17. The minimum atomic E-state index is -3.47. The van der Waals surface area contributed by atoms with Crippen LogP contribution in [0, 0.1) is 5.92 Å². The fourth-order valence-electron chi connectivity index (χ4n) is 2.88. The molecule has 0 aliphatic carbocycles. The van der Waals surface area contributed by atoms with E-state index in [9.17, 15) is 13.2 Å². The average molecular weight is 338 g/mol. The highest BCUT2D eigenvalue weighted by Gasteiger charge is 2.32. The molecule has 0 radical (unpaired) electrons. The fraction of sp³-hybridized carbons (Fsp3) is 0.588. The maximum absolute atomic E-state index is 12.7. The van der Waals surface area contributed by atoms with Crippen molar-refractivity contribution < 1.29 is 13.2 Å². The fourth-order valence-corrected chi connectivity index (χ4v) is 4.35. The van der Waals surface area contributed by atoms with E-state index >= 15 is 0 Å². The second-order valence-electron chi connectivity index (χ2n) is 6.63. The molecule has 1 aliphatic rings. The van der Waals surface area contributed by atoms with Crippen molar-refractivity contribution in [3.63, 3.8) is 0 Å². The van der Waals surface area contributed by atoms with Crippen molar-refractivity contribution >= 4 is 15.9 Å². The van der Waals surface area contributed by atoms with Crippen LogP contribution in [0.5, 0.6) is 0 Å². The molecule has 1 amide bonds. The lowest BCUT2D eigenvalue weighted by Crippen LogP contribution is -2.42. The molecule has 128 valence electrons. The van der Waals surface area contributed by atoms with E-state index in [0.29, 0.717) is 36.7 Å². The van der Waals surface area contributed by atoms with Crippen molar-refractivity contribution in [2.45, 2.75) is 37.5 Å². The molecule has 0 aromatic heterocycles. The second kappa shape index (κ2) is 7.01. The Balaban J connectivity index is 2.08. The normalized spacial score (nSPS) is 17.4. The van der Waals surface area contributed by atoms with Crippen LogP contribution < -0.4 is 0 Å². The molecule has 1 aliphatic heterocycles. The summed E-state index contributed by atoms with van der Waals surface area (Å²) in [6, 6.07) is 7.11. The average Bonchev–Trinajstić information content (AvgIpc) is 2.54. The Bertz CT molecular complexity index is 643. The molecule has 5 nitrogen and oxygen atoms in total. The number of carbonyl (C=O) groups excluding carboxylic acids is 1. The summed E-state index contributed by atoms with van der Waals surface area (Å²) in [5.41, 5.74) is 1.12. The third kappa shape index (κ3) is 3.93. The molecular weight excluding hydrogens is 312 g/mol. The van der Waals surface area contributed by atoms with Gasteiger partial charge >= 0.3 is 0 Å². The standard InChI is InChI=1S/C17H26N2O3S/c1-13(2)14-5-7-16(8-6-14)23(21,22)19-11-9-15(10-12-19)17(20)18(3)4/h5-8,13,15H,9-12H2,1-4H3. The van der Waals surface area contributed by atoms with Crippen molar-refractivity contribution in [1.29, 1.82) is 0 Å². The molecule has 0 bridgehead atoms. The molecule has 1 fully saturated rings. The van der Waals surface area contributed by atoms with Crippen LogP contribution in [0.4, 0.5) is 0 Å². The van der Waals surface area contributed by atoms with E-state index in [4.69, 9.17) is 0 Å². The molecule has 2 rings (SSSR count). The number of rotatable bonds is 4. The van der Waals surface area contributed by atoms with E-state index in [1.807, 2.05) is 12.1 Å². The van der Waals surface area contributed by atoms with E-state index in [1.165, 1.54) is 4.31 Å². The van der Waals surface area contributed by atoms with Crippen molar-refractivity contribution in [2.75, 3.05) is 27.2 Å². The number of carbonyl (C=O) groups is 1. The van der Waals surface area contributed by atoms with Crippen LogP contribution in [0.25, 0.3) is 0 Å². The van der Waals surface area contributed by atoms with Crippen molar-refractivity contribution in [2.24, 2.45) is 5.92 Å². The summed E-state index contributed by atoms with van der Waals surface area (Å²) in [5.74, 6) is 0.391. The highest BCUT2D eigenvalue weighted by Crippen LogP contribution is 2.25. The Morgan fingerprint density at radius 3 is 2.09 bits per heavy atom. The van der Waals surface area contributed by atoms with Gasteiger partial charge in [0.15, 0.2) is 0 Å². The molecule has 1 saturated heterocycles. The molecule has 0 unspecified atom stereocenters. The number of amides is 1. The van der Waals surface area contributed by atoms with E-state index in [0.717, 1.165) is 5.56 Å². The lowest BCUT2D eigenvalue weighted by Gasteiger charge is -2.31. The van der Waals surface area contributed by atoms with Crippen LogP contribution in [0.3, 0.4) is 0 Å². The number of sulfonamides is 1. The van der Waals surface area contributed by atoms with Crippen LogP contribution in [0.1, 0.15) is 38.2 Å². The van der Waals surface area contributed by atoms with Crippen LogP contribution in [-0.4, -0.2) is 50.7 Å². The quantitative estimate of drug-likeness (QED) is 0.846. The van der Waals surface area contributed by atoms with Crippen molar-refractivity contribution in [3.05, 3.63) is 29.8 Å². The number of piperidine rings is 1. The van der Waals surface area contributed by atoms with E-state index in [-0.39, 0.29) is 11.8 Å². The SMILES string of the molecule is CC(C)c1ccc(S(=O)(=O)N2CCC(C(=O)N(C)C)CC2)cc1. The van der Waals surface area contributed by atoms with Gasteiger partial charge in [-0.3, -0.25) is 4.79 Å². The first kappa shape index (κ1) is 17.9. The zero-order chi connectivity index (χ0) is 17.2. The third-order valence-corrected chi connectivity index (χ3v) is 6.34. The largest absolute Gasteiger partial charge is 0.349 e. The van der Waals surface area contributed by atoms with Gasteiger partial charge in [-0.25, -0.2) is 8.42 Å². The predicted octanol–water partition coefficient (Wildman–Crippen LogP) is 2.30. The molecule has 1 aromatic carbocycles. The first-order valence-electron chi connectivity index (χ1n) is 8.04. The monoisotopic (exact) mass is 338 g/mol. The summed E-state index contributed by atoms with van der Waals surface area (Å²) < 4.78 is 26.9. The van der Waals surface area contributed by atoms with Crippen LogP contribution in [-0.2, 0) is 14.8 Å². The van der Waals surface area contributed by atoms with E-state index in [2.05, 4.69) is 13.8 Å². The minimum Gasteiger partial charge on any atom is -0.349 e. The predicted molar refractivity (Wildman–Crippen MR) is 90.7 cm³/mol. The summed E-state index contributed by atoms with van der Waals surface area (Å²) in [4.78, 5) is 13.9. The third-order valence-electron chi connectivity index (χ3n) is 4.43. The number of nitrogens with zero attached hydrogens (tertiary/aromatic N) is 2. The van der Waals surface area contributed by atoms with Crippen LogP contribution >= 0.6 is 0 Å². The molecule has 1 aromatic rings. The number of hydrogen-bond acceptors (Lipinski definition) is 3. The summed E-state index contributed by atoms with van der Waals surface area (Å²) in [6.45, 7) is 4.96. The van der Waals surface area contributed by atoms with Gasteiger partial charge in [0, 0.05) is 33.1 Å². The molecule has 0 saturated carbocycles. The lowest BCUT2D eigenvalue weighted by molar-refractivity contribution is -0.134. The zero-order valence-corrected chi connectivity index (χ0v) is 15.1. The Labute approximate surface area is 139 Å². The Hall–Kier alpha value is -1.40. The maximum Gasteiger partial charge on any atom is 0.243 e. The first-order chi connectivity index (χ1) is 10.7. The lowest BCUT2D eigenvalue weighted by atomic mass is 9.97. The smallest absolute Gasteiger partial charge is 0.243 e. The van der Waals surface area contributed by atoms with E-state index < -0.39 is 10.0 Å². The Morgan fingerprint density at radius 2 is 1.65 bits per heavy atom. The molecule has 0 spiro atoms. The van der Waals surface area contributed by atoms with Gasteiger partial charge in [0.1, 0.15) is 0 Å². The van der Waals surface area contributed by atoms with Gasteiger partial charge in [0.25, 0.3) is 0 Å². The molecular formula is C17H26N2O3S. The van der Waals surface area contributed by atoms with Gasteiger partial charge < -0.3 is 4.90 Å².